The number of hydrogen-bond donors (Lipinski definition) is 2. The highest BCUT2D eigenvalue weighted by atomic mass is 79.9. The van der Waals surface area contributed by atoms with Crippen molar-refractivity contribution in [3.05, 3.63) is 52.3 Å². The van der Waals surface area contributed by atoms with Gasteiger partial charge in [0.2, 0.25) is 0 Å². The largest absolute Gasteiger partial charge is 0.399 e. The van der Waals surface area contributed by atoms with E-state index in [4.69, 9.17) is 5.73 Å². The lowest BCUT2D eigenvalue weighted by molar-refractivity contribution is 0.0942. The molecule has 0 aliphatic rings. The van der Waals surface area contributed by atoms with Gasteiger partial charge < -0.3 is 15.6 Å². The number of carbonyl (C=O) groups excluding carboxylic acids is 1. The Kier molecular flexibility index (Phi) is 4.27. The van der Waals surface area contributed by atoms with Gasteiger partial charge in [-0.1, -0.05) is 12.1 Å². The lowest BCUT2D eigenvalue weighted by atomic mass is 10.2. The first-order chi connectivity index (χ1) is 9.10. The second kappa shape index (κ2) is 5.93. The van der Waals surface area contributed by atoms with Crippen LogP contribution in [0.25, 0.3) is 0 Å². The fraction of sp³-hybridized carbons (Fsp3) is 0.214. The van der Waals surface area contributed by atoms with Crippen LogP contribution in [0.2, 0.25) is 0 Å². The van der Waals surface area contributed by atoms with Gasteiger partial charge in [0.25, 0.3) is 5.91 Å². The molecule has 0 saturated carbocycles. The van der Waals surface area contributed by atoms with Gasteiger partial charge in [0.1, 0.15) is 5.69 Å². The number of aryl methyl sites for hydroxylation is 1. The normalized spacial score (nSPS) is 10.4. The molecule has 0 spiro atoms. The molecule has 1 aromatic carbocycles. The van der Waals surface area contributed by atoms with E-state index in [-0.39, 0.29) is 5.91 Å². The average molecular weight is 322 g/mol. The molecule has 0 radical (unpaired) electrons. The predicted molar refractivity (Wildman–Crippen MR) is 79.8 cm³/mol. The van der Waals surface area contributed by atoms with Crippen LogP contribution in [0, 0.1) is 0 Å². The molecular formula is C14H16BrN3O. The van der Waals surface area contributed by atoms with E-state index in [0.717, 1.165) is 22.3 Å². The van der Waals surface area contributed by atoms with Gasteiger partial charge in [0, 0.05) is 29.4 Å². The maximum absolute atomic E-state index is 12.1. The Labute approximate surface area is 120 Å². The van der Waals surface area contributed by atoms with Gasteiger partial charge in [-0.3, -0.25) is 4.79 Å². The van der Waals surface area contributed by atoms with E-state index in [0.29, 0.717) is 12.2 Å². The van der Waals surface area contributed by atoms with Crippen molar-refractivity contribution in [2.45, 2.75) is 20.0 Å². The Hall–Kier alpha value is -1.75. The maximum atomic E-state index is 12.1. The number of nitrogens with one attached hydrogen (secondary N) is 1. The number of nitrogen functional groups attached to an aromatic ring is 1. The zero-order valence-corrected chi connectivity index (χ0v) is 12.3. The molecule has 19 heavy (non-hydrogen) atoms. The standard InChI is InChI=1S/C14H16BrN3O/c1-2-18-9-11(15)7-13(18)14(19)17-8-10-3-5-12(16)6-4-10/h3-7,9H,2,8,16H2,1H3,(H,17,19). The summed E-state index contributed by atoms with van der Waals surface area (Å²) >= 11 is 3.38. The summed E-state index contributed by atoms with van der Waals surface area (Å²) in [6.07, 6.45) is 1.90. The van der Waals surface area contributed by atoms with Crippen LogP contribution in [0.4, 0.5) is 5.69 Å². The molecule has 2 rings (SSSR count). The van der Waals surface area contributed by atoms with Crippen molar-refractivity contribution in [1.82, 2.24) is 9.88 Å². The van der Waals surface area contributed by atoms with Gasteiger partial charge >= 0.3 is 0 Å². The lowest BCUT2D eigenvalue weighted by Crippen LogP contribution is -2.25. The average Bonchev–Trinajstić information content (AvgIpc) is 2.79. The van der Waals surface area contributed by atoms with Crippen molar-refractivity contribution in [3.63, 3.8) is 0 Å². The van der Waals surface area contributed by atoms with Gasteiger partial charge in [-0.2, -0.15) is 0 Å². The minimum Gasteiger partial charge on any atom is -0.399 e. The molecule has 0 saturated heterocycles. The topological polar surface area (TPSA) is 60.0 Å². The summed E-state index contributed by atoms with van der Waals surface area (Å²) in [7, 11) is 0. The second-order valence-corrected chi connectivity index (χ2v) is 5.17. The number of hydrogen-bond acceptors (Lipinski definition) is 2. The van der Waals surface area contributed by atoms with Gasteiger partial charge in [-0.05, 0) is 46.6 Å². The first-order valence-electron chi connectivity index (χ1n) is 6.08. The smallest absolute Gasteiger partial charge is 0.268 e. The third kappa shape index (κ3) is 3.38. The van der Waals surface area contributed by atoms with Crippen LogP contribution in [0.5, 0.6) is 0 Å². The highest BCUT2D eigenvalue weighted by Gasteiger charge is 2.11. The van der Waals surface area contributed by atoms with E-state index in [1.54, 1.807) is 0 Å². The van der Waals surface area contributed by atoms with E-state index < -0.39 is 0 Å². The van der Waals surface area contributed by atoms with E-state index in [9.17, 15) is 4.79 Å². The van der Waals surface area contributed by atoms with E-state index in [1.165, 1.54) is 0 Å². The number of carbonyl (C=O) groups is 1. The molecule has 3 N–H and O–H groups in total. The molecule has 0 atom stereocenters. The summed E-state index contributed by atoms with van der Waals surface area (Å²) < 4.78 is 2.81. The Morgan fingerprint density at radius 2 is 2.05 bits per heavy atom. The monoisotopic (exact) mass is 321 g/mol. The number of halogens is 1. The molecular weight excluding hydrogens is 306 g/mol. The quantitative estimate of drug-likeness (QED) is 0.851. The van der Waals surface area contributed by atoms with Crippen molar-refractivity contribution < 1.29 is 4.79 Å². The third-order valence-corrected chi connectivity index (χ3v) is 3.30. The first kappa shape index (κ1) is 13.7. The molecule has 0 bridgehead atoms. The summed E-state index contributed by atoms with van der Waals surface area (Å²) in [6.45, 7) is 3.26. The summed E-state index contributed by atoms with van der Waals surface area (Å²) in [5.41, 5.74) is 8.02. The molecule has 0 fully saturated rings. The highest BCUT2D eigenvalue weighted by Crippen LogP contribution is 2.15. The number of aromatic nitrogens is 1. The molecule has 1 aromatic heterocycles. The fourth-order valence-corrected chi connectivity index (χ4v) is 2.30. The van der Waals surface area contributed by atoms with Gasteiger partial charge in [-0.25, -0.2) is 0 Å². The molecule has 0 aliphatic carbocycles. The van der Waals surface area contributed by atoms with Crippen LogP contribution in [-0.2, 0) is 13.1 Å². The molecule has 4 nitrogen and oxygen atoms in total. The zero-order chi connectivity index (χ0) is 13.8. The van der Waals surface area contributed by atoms with Crippen LogP contribution in [0.3, 0.4) is 0 Å². The van der Waals surface area contributed by atoms with Gasteiger partial charge in [0.05, 0.1) is 0 Å². The number of nitrogens with zero attached hydrogens (tertiary/aromatic N) is 1. The second-order valence-electron chi connectivity index (χ2n) is 4.25. The minimum atomic E-state index is -0.0793. The Balaban J connectivity index is 2.03. The van der Waals surface area contributed by atoms with Crippen molar-refractivity contribution in [2.24, 2.45) is 0 Å². The molecule has 1 heterocycles. The van der Waals surface area contributed by atoms with Crippen LogP contribution in [0.15, 0.2) is 41.0 Å². The molecule has 0 aliphatic heterocycles. The fourth-order valence-electron chi connectivity index (χ4n) is 1.84. The number of anilines is 1. The van der Waals surface area contributed by atoms with Crippen LogP contribution in [-0.4, -0.2) is 10.5 Å². The molecule has 2 aromatic rings. The van der Waals surface area contributed by atoms with Gasteiger partial charge in [0.15, 0.2) is 0 Å². The van der Waals surface area contributed by atoms with E-state index >= 15 is 0 Å². The van der Waals surface area contributed by atoms with E-state index in [2.05, 4.69) is 21.2 Å². The molecule has 1 amide bonds. The Morgan fingerprint density at radius 1 is 1.37 bits per heavy atom. The first-order valence-corrected chi connectivity index (χ1v) is 6.87. The third-order valence-electron chi connectivity index (χ3n) is 2.87. The highest BCUT2D eigenvalue weighted by molar-refractivity contribution is 9.10. The zero-order valence-electron chi connectivity index (χ0n) is 10.7. The SMILES string of the molecule is CCn1cc(Br)cc1C(=O)NCc1ccc(N)cc1. The number of rotatable bonds is 4. The summed E-state index contributed by atoms with van der Waals surface area (Å²) in [4.78, 5) is 12.1. The summed E-state index contributed by atoms with van der Waals surface area (Å²) in [5.74, 6) is -0.0793. The molecule has 100 valence electrons. The van der Waals surface area contributed by atoms with Crippen LogP contribution in [0.1, 0.15) is 23.0 Å². The maximum Gasteiger partial charge on any atom is 0.268 e. The number of nitrogens with two attached hydrogens (primary N) is 1. The Bertz CT molecular complexity index is 575. The number of benzene rings is 1. The Morgan fingerprint density at radius 3 is 2.68 bits per heavy atom. The van der Waals surface area contributed by atoms with Crippen molar-refractivity contribution in [3.8, 4) is 0 Å². The van der Waals surface area contributed by atoms with Crippen LogP contribution < -0.4 is 11.1 Å². The van der Waals surface area contributed by atoms with Crippen molar-refractivity contribution >= 4 is 27.5 Å². The molecule has 0 unspecified atom stereocenters. The predicted octanol–water partition coefficient (Wildman–Crippen LogP) is 2.78. The minimum absolute atomic E-state index is 0.0793. The van der Waals surface area contributed by atoms with Gasteiger partial charge in [-0.15, -0.1) is 0 Å². The number of amides is 1. The van der Waals surface area contributed by atoms with Crippen molar-refractivity contribution in [2.75, 3.05) is 5.73 Å². The van der Waals surface area contributed by atoms with Crippen molar-refractivity contribution in [1.29, 1.82) is 0 Å². The summed E-state index contributed by atoms with van der Waals surface area (Å²) in [6, 6.07) is 9.29. The van der Waals surface area contributed by atoms with E-state index in [1.807, 2.05) is 48.0 Å². The molecule has 5 heteroatoms. The van der Waals surface area contributed by atoms with Crippen LogP contribution >= 0.6 is 15.9 Å². The lowest BCUT2D eigenvalue weighted by Gasteiger charge is -2.08. The summed E-state index contributed by atoms with van der Waals surface area (Å²) in [5, 5.41) is 2.90.